The van der Waals surface area contributed by atoms with Crippen molar-refractivity contribution in [3.8, 4) is 0 Å². The minimum atomic E-state index is -5.08. The molecule has 3 fully saturated rings. The maximum absolute atomic E-state index is 13.0. The second-order valence-electron chi connectivity index (χ2n) is 7.88. The zero-order valence-electron chi connectivity index (χ0n) is 16.8. The monoisotopic (exact) mass is 451 g/mol. The summed E-state index contributed by atoms with van der Waals surface area (Å²) < 4.78 is 62.3. The van der Waals surface area contributed by atoms with Crippen molar-refractivity contribution >= 4 is 11.9 Å². The van der Waals surface area contributed by atoms with Gasteiger partial charge in [0, 0.05) is 26.2 Å². The van der Waals surface area contributed by atoms with Gasteiger partial charge in [0.1, 0.15) is 0 Å². The molecule has 3 saturated heterocycles. The van der Waals surface area contributed by atoms with Gasteiger partial charge in [0.25, 0.3) is 0 Å². The Morgan fingerprint density at radius 1 is 1.29 bits per heavy atom. The van der Waals surface area contributed by atoms with E-state index in [0.717, 1.165) is 58.6 Å². The van der Waals surface area contributed by atoms with Gasteiger partial charge in [-0.1, -0.05) is 0 Å². The van der Waals surface area contributed by atoms with Crippen LogP contribution in [-0.2, 0) is 19.0 Å². The summed E-state index contributed by atoms with van der Waals surface area (Å²) in [7, 11) is 0. The van der Waals surface area contributed by atoms with E-state index in [2.05, 4.69) is 14.9 Å². The second kappa shape index (κ2) is 10.0. The molecule has 1 aromatic rings. The number of carboxylic acids is 1. The van der Waals surface area contributed by atoms with Crippen molar-refractivity contribution < 1.29 is 41.7 Å². The van der Waals surface area contributed by atoms with E-state index in [1.54, 1.807) is 0 Å². The van der Waals surface area contributed by atoms with Gasteiger partial charge in [-0.05, 0) is 25.2 Å². The number of carbonyl (C=O) groups is 1. The van der Waals surface area contributed by atoms with Gasteiger partial charge in [-0.25, -0.2) is 19.2 Å². The first-order chi connectivity index (χ1) is 14.7. The summed E-state index contributed by atoms with van der Waals surface area (Å²) in [5.74, 6) is -1.98. The summed E-state index contributed by atoms with van der Waals surface area (Å²) in [5.41, 5.74) is -0.169. The highest BCUT2D eigenvalue weighted by Crippen LogP contribution is 2.37. The van der Waals surface area contributed by atoms with Gasteiger partial charge < -0.3 is 24.2 Å². The molecule has 0 amide bonds. The van der Waals surface area contributed by atoms with Crippen LogP contribution in [0.3, 0.4) is 0 Å². The van der Waals surface area contributed by atoms with E-state index in [9.17, 15) is 17.6 Å². The Morgan fingerprint density at radius 2 is 1.94 bits per heavy atom. The minimum absolute atomic E-state index is 0.168. The Hall–Kier alpha value is -2.05. The predicted octanol–water partition coefficient (Wildman–Crippen LogP) is 2.43. The van der Waals surface area contributed by atoms with E-state index in [0.29, 0.717) is 18.5 Å². The van der Waals surface area contributed by atoms with Crippen molar-refractivity contribution in [2.45, 2.75) is 43.6 Å². The van der Waals surface area contributed by atoms with Crippen LogP contribution in [-0.4, -0.2) is 78.4 Å². The Kier molecular flexibility index (Phi) is 7.65. The first-order valence-corrected chi connectivity index (χ1v) is 10.0. The lowest BCUT2D eigenvalue weighted by Gasteiger charge is -2.24. The van der Waals surface area contributed by atoms with Crippen LogP contribution in [0.4, 0.5) is 23.5 Å². The molecular weight excluding hydrogens is 426 g/mol. The maximum atomic E-state index is 13.0. The fourth-order valence-electron chi connectivity index (χ4n) is 3.86. The van der Waals surface area contributed by atoms with E-state index in [4.69, 9.17) is 24.1 Å². The SMILES string of the molecule is Fc1cnc(N2CC[C@]3(C[C@@H](OCC4CCOCC4)CO3)C2)nc1.O=C(O)C(F)(F)F. The van der Waals surface area contributed by atoms with Gasteiger partial charge in [-0.3, -0.25) is 0 Å². The average molecular weight is 451 g/mol. The fraction of sp³-hybridized carbons (Fsp3) is 0.737. The normalized spacial score (nSPS) is 26.7. The number of alkyl halides is 3. The number of hydrogen-bond acceptors (Lipinski definition) is 7. The lowest BCUT2D eigenvalue weighted by atomic mass is 9.98. The first kappa shape index (κ1) is 23.6. The molecule has 2 atom stereocenters. The molecule has 1 spiro atoms. The van der Waals surface area contributed by atoms with Crippen LogP contribution >= 0.6 is 0 Å². The van der Waals surface area contributed by atoms with Crippen molar-refractivity contribution in [3.05, 3.63) is 18.2 Å². The number of nitrogens with zero attached hydrogens (tertiary/aromatic N) is 3. The van der Waals surface area contributed by atoms with Crippen molar-refractivity contribution in [2.24, 2.45) is 5.92 Å². The van der Waals surface area contributed by atoms with Crippen LogP contribution in [0.15, 0.2) is 12.4 Å². The fourth-order valence-corrected chi connectivity index (χ4v) is 3.86. The topological polar surface area (TPSA) is 94.0 Å². The standard InChI is InChI=1S/C17H24FN3O3.C2HF3O2/c18-14-8-19-16(20-9-14)21-4-3-17(12-21)7-15(11-24-17)23-10-13-1-5-22-6-2-13;3-2(4,5)1(6)7/h8-9,13,15H,1-7,10-12H2;(H,6,7)/t15-,17+;/m1./s1. The molecule has 4 heterocycles. The average Bonchev–Trinajstić information content (AvgIpc) is 3.34. The van der Waals surface area contributed by atoms with E-state index in [-0.39, 0.29) is 11.7 Å². The molecule has 0 aromatic carbocycles. The van der Waals surface area contributed by atoms with Crippen molar-refractivity contribution in [1.29, 1.82) is 0 Å². The molecule has 0 aliphatic carbocycles. The summed E-state index contributed by atoms with van der Waals surface area (Å²) in [6.07, 6.45) is 1.54. The van der Waals surface area contributed by atoms with Crippen molar-refractivity contribution in [3.63, 3.8) is 0 Å². The Labute approximate surface area is 176 Å². The number of anilines is 1. The molecule has 12 heteroatoms. The minimum Gasteiger partial charge on any atom is -0.475 e. The highest BCUT2D eigenvalue weighted by atomic mass is 19.4. The Bertz CT molecular complexity index is 730. The van der Waals surface area contributed by atoms with Gasteiger partial charge in [0.15, 0.2) is 5.82 Å². The van der Waals surface area contributed by atoms with Gasteiger partial charge in [0.05, 0.1) is 43.9 Å². The number of carboxylic acid groups (broad SMARTS) is 1. The summed E-state index contributed by atoms with van der Waals surface area (Å²) in [6, 6.07) is 0. The third-order valence-corrected chi connectivity index (χ3v) is 5.53. The zero-order chi connectivity index (χ0) is 22.5. The van der Waals surface area contributed by atoms with Crippen molar-refractivity contribution in [1.82, 2.24) is 9.97 Å². The molecule has 174 valence electrons. The molecule has 0 unspecified atom stereocenters. The zero-order valence-corrected chi connectivity index (χ0v) is 16.8. The van der Waals surface area contributed by atoms with E-state index >= 15 is 0 Å². The van der Waals surface area contributed by atoms with Crippen LogP contribution in [0.5, 0.6) is 0 Å². The molecule has 8 nitrogen and oxygen atoms in total. The van der Waals surface area contributed by atoms with Crippen LogP contribution in [0.2, 0.25) is 0 Å². The van der Waals surface area contributed by atoms with Crippen molar-refractivity contribution in [2.75, 3.05) is 44.4 Å². The molecule has 4 rings (SSSR count). The molecule has 3 aliphatic heterocycles. The van der Waals surface area contributed by atoms with E-state index < -0.39 is 18.0 Å². The van der Waals surface area contributed by atoms with Gasteiger partial charge in [-0.2, -0.15) is 13.2 Å². The molecule has 31 heavy (non-hydrogen) atoms. The number of hydrogen-bond donors (Lipinski definition) is 1. The third kappa shape index (κ3) is 6.71. The number of ether oxygens (including phenoxy) is 3. The number of aromatic nitrogens is 2. The molecule has 3 aliphatic rings. The van der Waals surface area contributed by atoms with Crippen LogP contribution in [0.25, 0.3) is 0 Å². The van der Waals surface area contributed by atoms with Gasteiger partial charge >= 0.3 is 12.1 Å². The highest BCUT2D eigenvalue weighted by molar-refractivity contribution is 5.73. The molecule has 1 N–H and O–H groups in total. The summed E-state index contributed by atoms with van der Waals surface area (Å²) in [4.78, 5) is 19.1. The Balaban J connectivity index is 0.000000339. The largest absolute Gasteiger partial charge is 0.490 e. The number of aliphatic carboxylic acids is 1. The molecule has 0 saturated carbocycles. The predicted molar refractivity (Wildman–Crippen MR) is 99.1 cm³/mol. The summed E-state index contributed by atoms with van der Waals surface area (Å²) >= 11 is 0. The number of rotatable bonds is 4. The second-order valence-corrected chi connectivity index (χ2v) is 7.88. The third-order valence-electron chi connectivity index (χ3n) is 5.53. The lowest BCUT2D eigenvalue weighted by Crippen LogP contribution is -2.34. The molecule has 0 radical (unpaired) electrons. The smallest absolute Gasteiger partial charge is 0.475 e. The van der Waals surface area contributed by atoms with E-state index in [1.165, 1.54) is 12.4 Å². The molecular formula is C19H25F4N3O5. The maximum Gasteiger partial charge on any atom is 0.490 e. The van der Waals surface area contributed by atoms with Gasteiger partial charge in [-0.15, -0.1) is 0 Å². The molecule has 0 bridgehead atoms. The summed E-state index contributed by atoms with van der Waals surface area (Å²) in [5, 5.41) is 7.12. The first-order valence-electron chi connectivity index (χ1n) is 10.0. The lowest BCUT2D eigenvalue weighted by molar-refractivity contribution is -0.192. The number of halogens is 4. The van der Waals surface area contributed by atoms with E-state index in [1.807, 2.05) is 0 Å². The molecule has 1 aromatic heterocycles. The van der Waals surface area contributed by atoms with Crippen LogP contribution in [0.1, 0.15) is 25.7 Å². The highest BCUT2D eigenvalue weighted by Gasteiger charge is 2.46. The summed E-state index contributed by atoms with van der Waals surface area (Å²) in [6.45, 7) is 4.74. The quantitative estimate of drug-likeness (QED) is 0.698. The van der Waals surface area contributed by atoms with Gasteiger partial charge in [0.2, 0.25) is 5.95 Å². The van der Waals surface area contributed by atoms with Crippen LogP contribution in [0, 0.1) is 11.7 Å². The Morgan fingerprint density at radius 3 is 2.55 bits per heavy atom. The van der Waals surface area contributed by atoms with Crippen LogP contribution < -0.4 is 4.90 Å².